The van der Waals surface area contributed by atoms with E-state index in [0.29, 0.717) is 19.6 Å². The fraction of sp³-hybridized carbons (Fsp3) is 0.667. The van der Waals surface area contributed by atoms with Gasteiger partial charge >= 0.3 is 12.3 Å². The van der Waals surface area contributed by atoms with Gasteiger partial charge in [0.2, 0.25) is 5.91 Å². The lowest BCUT2D eigenvalue weighted by Gasteiger charge is -2.39. The molecule has 182 valence electrons. The predicted molar refractivity (Wildman–Crippen MR) is 116 cm³/mol. The molecule has 3 aliphatic rings. The molecular weight excluding hydrogens is 435 g/mol. The molecule has 1 aromatic carbocycles. The van der Waals surface area contributed by atoms with Gasteiger partial charge in [0.25, 0.3) is 0 Å². The third-order valence-corrected chi connectivity index (χ3v) is 7.55. The molecule has 6 nitrogen and oxygen atoms in total. The summed E-state index contributed by atoms with van der Waals surface area (Å²) >= 11 is 0. The highest BCUT2D eigenvalue weighted by Crippen LogP contribution is 2.41. The maximum Gasteiger partial charge on any atom is 0.425 e. The van der Waals surface area contributed by atoms with Crippen molar-refractivity contribution in [3.8, 4) is 0 Å². The van der Waals surface area contributed by atoms with Crippen LogP contribution in [0.2, 0.25) is 0 Å². The number of nitrogens with zero attached hydrogens (tertiary/aromatic N) is 3. The second-order valence-corrected chi connectivity index (χ2v) is 9.76. The number of carbonyl (C=O) groups is 2. The predicted octanol–water partition coefficient (Wildman–Crippen LogP) is 3.97. The molecule has 1 spiro atoms. The van der Waals surface area contributed by atoms with Crippen LogP contribution in [0.25, 0.3) is 0 Å². The number of likely N-dealkylation sites (tertiary alicyclic amines) is 2. The van der Waals surface area contributed by atoms with E-state index in [1.807, 2.05) is 4.90 Å². The summed E-state index contributed by atoms with van der Waals surface area (Å²) in [7, 11) is 0. The van der Waals surface area contributed by atoms with Gasteiger partial charge in [-0.15, -0.1) is 0 Å². The summed E-state index contributed by atoms with van der Waals surface area (Å²) in [4.78, 5) is 29.7. The minimum absolute atomic E-state index is 0.0900. The van der Waals surface area contributed by atoms with E-state index in [-0.39, 0.29) is 11.3 Å². The van der Waals surface area contributed by atoms with E-state index in [9.17, 15) is 22.8 Å². The van der Waals surface area contributed by atoms with Gasteiger partial charge in [0, 0.05) is 46.2 Å². The molecule has 3 heterocycles. The Balaban J connectivity index is 1.33. The second kappa shape index (κ2) is 9.16. The van der Waals surface area contributed by atoms with Gasteiger partial charge < -0.3 is 14.5 Å². The Morgan fingerprint density at radius 1 is 1.09 bits per heavy atom. The van der Waals surface area contributed by atoms with Gasteiger partial charge in [-0.3, -0.25) is 9.69 Å². The number of hydrogen-bond donors (Lipinski definition) is 0. The van der Waals surface area contributed by atoms with Crippen LogP contribution in [0.5, 0.6) is 0 Å². The Bertz CT molecular complexity index is 897. The van der Waals surface area contributed by atoms with Crippen LogP contribution in [0.3, 0.4) is 0 Å². The molecule has 4 rings (SSSR count). The molecule has 0 bridgehead atoms. The topological polar surface area (TPSA) is 53.1 Å². The molecule has 0 radical (unpaired) electrons. The summed E-state index contributed by atoms with van der Waals surface area (Å²) < 4.78 is 42.7. The fourth-order valence-electron chi connectivity index (χ4n) is 5.34. The number of amides is 2. The van der Waals surface area contributed by atoms with Crippen LogP contribution in [0, 0.1) is 5.41 Å². The zero-order valence-corrected chi connectivity index (χ0v) is 19.3. The Labute approximate surface area is 192 Å². The van der Waals surface area contributed by atoms with Crippen molar-refractivity contribution in [2.75, 3.05) is 32.7 Å². The van der Waals surface area contributed by atoms with E-state index in [1.165, 1.54) is 21.6 Å². The van der Waals surface area contributed by atoms with E-state index in [0.717, 1.165) is 58.8 Å². The van der Waals surface area contributed by atoms with E-state index in [2.05, 4.69) is 27.8 Å². The first-order valence-electron chi connectivity index (χ1n) is 11.7. The van der Waals surface area contributed by atoms with Gasteiger partial charge in [-0.25, -0.2) is 4.79 Å². The normalized spacial score (nSPS) is 21.7. The van der Waals surface area contributed by atoms with Crippen LogP contribution >= 0.6 is 0 Å². The smallest absolute Gasteiger partial charge is 0.425 e. The summed E-state index contributed by atoms with van der Waals surface area (Å²) in [5, 5.41) is 0. The Morgan fingerprint density at radius 3 is 2.45 bits per heavy atom. The molecular formula is C24H32F3N3O3. The summed E-state index contributed by atoms with van der Waals surface area (Å²) in [5.41, 5.74) is 3.93. The van der Waals surface area contributed by atoms with E-state index >= 15 is 0 Å². The largest absolute Gasteiger partial charge is 0.437 e. The molecule has 0 N–H and O–H groups in total. The maximum absolute atomic E-state index is 12.7. The molecule has 1 aromatic rings. The average Bonchev–Trinajstić information content (AvgIpc) is 3.15. The van der Waals surface area contributed by atoms with Crippen molar-refractivity contribution in [3.63, 3.8) is 0 Å². The van der Waals surface area contributed by atoms with Crippen molar-refractivity contribution in [2.45, 2.75) is 64.9 Å². The first-order chi connectivity index (χ1) is 15.6. The lowest BCUT2D eigenvalue weighted by atomic mass is 9.78. The molecule has 1 atom stereocenters. The zero-order chi connectivity index (χ0) is 23.8. The van der Waals surface area contributed by atoms with Gasteiger partial charge in [-0.2, -0.15) is 13.2 Å². The first kappa shape index (κ1) is 23.9. The third kappa shape index (κ3) is 5.28. The van der Waals surface area contributed by atoms with Crippen LogP contribution in [0.1, 0.15) is 49.8 Å². The van der Waals surface area contributed by atoms with E-state index < -0.39 is 18.4 Å². The van der Waals surface area contributed by atoms with Crippen molar-refractivity contribution in [1.29, 1.82) is 0 Å². The van der Waals surface area contributed by atoms with Gasteiger partial charge in [-0.05, 0) is 61.3 Å². The summed E-state index contributed by atoms with van der Waals surface area (Å²) in [6.07, 6.45) is -4.09. The quantitative estimate of drug-likeness (QED) is 0.675. The highest BCUT2D eigenvalue weighted by molar-refractivity contribution is 5.73. The van der Waals surface area contributed by atoms with E-state index in [4.69, 9.17) is 0 Å². The van der Waals surface area contributed by atoms with Crippen molar-refractivity contribution >= 4 is 12.0 Å². The number of rotatable bonds is 3. The molecule has 1 unspecified atom stereocenters. The van der Waals surface area contributed by atoms with Gasteiger partial charge in [0.15, 0.2) is 6.10 Å². The molecule has 9 heteroatoms. The van der Waals surface area contributed by atoms with Crippen molar-refractivity contribution in [2.24, 2.45) is 5.41 Å². The lowest BCUT2D eigenvalue weighted by Crippen LogP contribution is -2.46. The van der Waals surface area contributed by atoms with Crippen LogP contribution in [0.15, 0.2) is 18.2 Å². The number of ether oxygens (including phenoxy) is 1. The number of carbonyl (C=O) groups excluding carboxylic acids is 2. The third-order valence-electron chi connectivity index (χ3n) is 7.55. The van der Waals surface area contributed by atoms with Crippen molar-refractivity contribution < 1.29 is 27.5 Å². The zero-order valence-electron chi connectivity index (χ0n) is 19.3. The van der Waals surface area contributed by atoms with Crippen LogP contribution < -0.4 is 0 Å². The monoisotopic (exact) mass is 467 g/mol. The molecule has 0 aliphatic carbocycles. The molecule has 33 heavy (non-hydrogen) atoms. The number of alkyl halides is 3. The standard InChI is InChI=1S/C24H32F3N3O3/c1-17(24(25,26)27)33-22(32)29-12-8-23(9-13-29)7-11-28(16-23)14-20-5-3-4-19-6-10-30(18(2)31)15-21(19)20/h3-5,17H,6-16H2,1-2H3. The van der Waals surface area contributed by atoms with E-state index in [1.54, 1.807) is 6.92 Å². The minimum atomic E-state index is -4.54. The molecule has 2 amide bonds. The number of fused-ring (bicyclic) bond motifs is 1. The van der Waals surface area contributed by atoms with Gasteiger partial charge in [0.05, 0.1) is 0 Å². The van der Waals surface area contributed by atoms with Crippen LogP contribution in [-0.4, -0.2) is 71.7 Å². The number of benzene rings is 1. The highest BCUT2D eigenvalue weighted by Gasteiger charge is 2.44. The number of hydrogen-bond acceptors (Lipinski definition) is 4. The minimum Gasteiger partial charge on any atom is -0.437 e. The van der Waals surface area contributed by atoms with Crippen molar-refractivity contribution in [3.05, 3.63) is 34.9 Å². The summed E-state index contributed by atoms with van der Waals surface area (Å²) in [6.45, 7) is 7.43. The lowest BCUT2D eigenvalue weighted by molar-refractivity contribution is -0.200. The Kier molecular flexibility index (Phi) is 6.62. The number of halogens is 3. The van der Waals surface area contributed by atoms with Crippen molar-refractivity contribution in [1.82, 2.24) is 14.7 Å². The van der Waals surface area contributed by atoms with Crippen LogP contribution in [-0.2, 0) is 29.0 Å². The second-order valence-electron chi connectivity index (χ2n) is 9.76. The summed E-state index contributed by atoms with van der Waals surface area (Å²) in [6, 6.07) is 6.39. The molecule has 3 aliphatic heterocycles. The number of piperidine rings is 1. The summed E-state index contributed by atoms with van der Waals surface area (Å²) in [5.74, 6) is 0.102. The molecule has 2 saturated heterocycles. The van der Waals surface area contributed by atoms with Gasteiger partial charge in [-0.1, -0.05) is 18.2 Å². The SMILES string of the molecule is CC(=O)N1CCc2cccc(CN3CCC4(CCN(C(=O)OC(C)C(F)(F)F)CC4)C3)c2C1. The Hall–Kier alpha value is -2.29. The van der Waals surface area contributed by atoms with Gasteiger partial charge in [0.1, 0.15) is 0 Å². The maximum atomic E-state index is 12.7. The molecule has 0 saturated carbocycles. The fourth-order valence-corrected chi connectivity index (χ4v) is 5.34. The molecule has 2 fully saturated rings. The first-order valence-corrected chi connectivity index (χ1v) is 11.7. The molecule has 0 aromatic heterocycles. The van der Waals surface area contributed by atoms with Crippen LogP contribution in [0.4, 0.5) is 18.0 Å². The highest BCUT2D eigenvalue weighted by atomic mass is 19.4. The Morgan fingerprint density at radius 2 is 1.79 bits per heavy atom. The average molecular weight is 468 g/mol.